The first-order chi connectivity index (χ1) is 17.8. The molecule has 0 aliphatic carbocycles. The average molecular weight is 539 g/mol. The van der Waals surface area contributed by atoms with Gasteiger partial charge in [0.2, 0.25) is 11.8 Å². The largest absolute Gasteiger partial charge is 0.439 e. The van der Waals surface area contributed by atoms with Gasteiger partial charge in [0.25, 0.3) is 5.91 Å². The molecule has 3 heterocycles. The Kier molecular flexibility index (Phi) is 7.12. The van der Waals surface area contributed by atoms with Gasteiger partial charge in [-0.25, -0.2) is 4.98 Å². The number of likely N-dealkylation sites (N-methyl/N-ethyl adjacent to an activating group) is 1. The van der Waals surface area contributed by atoms with E-state index in [4.69, 9.17) is 27.9 Å². The second-order valence-electron chi connectivity index (χ2n) is 9.84. The minimum Gasteiger partial charge on any atom is -0.439 e. The van der Waals surface area contributed by atoms with Crippen LogP contribution >= 0.6 is 23.2 Å². The lowest BCUT2D eigenvalue weighted by molar-refractivity contribution is -0.146. The van der Waals surface area contributed by atoms with Crippen LogP contribution in [-0.4, -0.2) is 70.8 Å². The number of ether oxygens (including phenoxy) is 1. The van der Waals surface area contributed by atoms with Crippen molar-refractivity contribution >= 4 is 35.0 Å². The number of pyridine rings is 1. The number of benzene rings is 2. The van der Waals surface area contributed by atoms with Crippen LogP contribution in [0.1, 0.15) is 34.8 Å². The van der Waals surface area contributed by atoms with Gasteiger partial charge in [0.1, 0.15) is 11.8 Å². The molecule has 3 aromatic rings. The zero-order valence-electron chi connectivity index (χ0n) is 20.7. The first kappa shape index (κ1) is 25.5. The molecule has 2 amide bonds. The predicted molar refractivity (Wildman–Crippen MR) is 143 cm³/mol. The first-order valence-electron chi connectivity index (χ1n) is 12.2. The number of hydrogen-bond acceptors (Lipinski definition) is 5. The van der Waals surface area contributed by atoms with E-state index in [0.29, 0.717) is 46.9 Å². The van der Waals surface area contributed by atoms with Crippen LogP contribution in [0.25, 0.3) is 0 Å². The van der Waals surface area contributed by atoms with Gasteiger partial charge in [-0.1, -0.05) is 35.3 Å². The standard InChI is InChI=1S/C28H28Cl2N4O3/c1-32(2)25(19-4-8-21(29)9-5-19)27(36)34-15-3-14-28(34)17-33(18-28)26(35)20-6-11-23(12-7-20)37-24-13-10-22(30)16-31-24/h4-13,16,25H,3,14-15,17-18H2,1-2H3. The Labute approximate surface area is 226 Å². The SMILES string of the molecule is CN(C)C(C(=O)N1CCCC12CN(C(=O)c1ccc(Oc3ccc(Cl)cn3)cc1)C2)c1ccc(Cl)cc1. The summed E-state index contributed by atoms with van der Waals surface area (Å²) in [6.45, 7) is 1.76. The summed E-state index contributed by atoms with van der Waals surface area (Å²) in [5.41, 5.74) is 1.18. The second-order valence-corrected chi connectivity index (χ2v) is 10.7. The molecule has 37 heavy (non-hydrogen) atoms. The van der Waals surface area contributed by atoms with Crippen LogP contribution in [0.2, 0.25) is 10.0 Å². The molecule has 1 unspecified atom stereocenters. The fraction of sp³-hybridized carbons (Fsp3) is 0.321. The minimum absolute atomic E-state index is 0.0528. The summed E-state index contributed by atoms with van der Waals surface area (Å²) in [4.78, 5) is 36.8. The average Bonchev–Trinajstić information content (AvgIpc) is 3.31. The lowest BCUT2D eigenvalue weighted by atomic mass is 9.85. The Hall–Kier alpha value is -3.13. The third-order valence-corrected chi connectivity index (χ3v) is 7.56. The number of likely N-dealkylation sites (tertiary alicyclic amines) is 2. The normalized spacial score (nSPS) is 17.1. The van der Waals surface area contributed by atoms with Gasteiger partial charge in [0.15, 0.2) is 0 Å². The molecular weight excluding hydrogens is 511 g/mol. The third-order valence-electron chi connectivity index (χ3n) is 7.08. The maximum absolute atomic E-state index is 13.8. The molecule has 5 rings (SSSR count). The molecule has 7 nitrogen and oxygen atoms in total. The molecule has 0 bridgehead atoms. The second kappa shape index (κ2) is 10.3. The molecule has 9 heteroatoms. The van der Waals surface area contributed by atoms with Crippen LogP contribution in [0, 0.1) is 0 Å². The van der Waals surface area contributed by atoms with E-state index in [1.165, 1.54) is 6.20 Å². The topological polar surface area (TPSA) is 66.0 Å². The molecule has 192 valence electrons. The van der Waals surface area contributed by atoms with E-state index < -0.39 is 6.04 Å². The number of rotatable bonds is 6. The number of halogens is 2. The van der Waals surface area contributed by atoms with Crippen molar-refractivity contribution < 1.29 is 14.3 Å². The highest BCUT2D eigenvalue weighted by Gasteiger charge is 2.54. The highest BCUT2D eigenvalue weighted by Crippen LogP contribution is 2.40. The Balaban J connectivity index is 1.24. The lowest BCUT2D eigenvalue weighted by Gasteiger charge is -2.53. The van der Waals surface area contributed by atoms with Crippen LogP contribution < -0.4 is 4.74 Å². The maximum Gasteiger partial charge on any atom is 0.254 e. The van der Waals surface area contributed by atoms with Crippen LogP contribution in [0.3, 0.4) is 0 Å². The summed E-state index contributed by atoms with van der Waals surface area (Å²) in [6, 6.07) is 17.4. The molecule has 0 saturated carbocycles. The predicted octanol–water partition coefficient (Wildman–Crippen LogP) is 5.30. The number of carbonyl (C=O) groups excluding carboxylic acids is 2. The van der Waals surface area contributed by atoms with Crippen molar-refractivity contribution in [1.82, 2.24) is 19.7 Å². The van der Waals surface area contributed by atoms with Crippen molar-refractivity contribution in [2.45, 2.75) is 24.4 Å². The molecule has 2 aromatic carbocycles. The van der Waals surface area contributed by atoms with Gasteiger partial charge in [0.05, 0.1) is 10.6 Å². The van der Waals surface area contributed by atoms with Gasteiger partial charge in [0, 0.05) is 42.5 Å². The maximum atomic E-state index is 13.8. The van der Waals surface area contributed by atoms with E-state index in [2.05, 4.69) is 4.98 Å². The number of hydrogen-bond donors (Lipinski definition) is 0. The first-order valence-corrected chi connectivity index (χ1v) is 12.9. The number of carbonyl (C=O) groups is 2. The summed E-state index contributed by atoms with van der Waals surface area (Å²) in [5.74, 6) is 1.02. The molecule has 2 fully saturated rings. The van der Waals surface area contributed by atoms with Crippen LogP contribution in [0.5, 0.6) is 11.6 Å². The molecule has 1 atom stereocenters. The summed E-state index contributed by atoms with van der Waals surface area (Å²) in [7, 11) is 3.82. The molecule has 2 aliphatic rings. The Bertz CT molecular complexity index is 1270. The van der Waals surface area contributed by atoms with E-state index >= 15 is 0 Å². The highest BCUT2D eigenvalue weighted by atomic mass is 35.5. The lowest BCUT2D eigenvalue weighted by Crippen LogP contribution is -2.70. The monoisotopic (exact) mass is 538 g/mol. The van der Waals surface area contributed by atoms with Gasteiger partial charge in [-0.2, -0.15) is 0 Å². The van der Waals surface area contributed by atoms with Crippen LogP contribution in [-0.2, 0) is 4.79 Å². The van der Waals surface area contributed by atoms with Crippen molar-refractivity contribution in [3.05, 3.63) is 88.0 Å². The van der Waals surface area contributed by atoms with E-state index in [-0.39, 0.29) is 17.4 Å². The number of aromatic nitrogens is 1. The number of amides is 2. The van der Waals surface area contributed by atoms with Gasteiger partial charge < -0.3 is 14.5 Å². The molecule has 0 N–H and O–H groups in total. The molecule has 1 aromatic heterocycles. The molecule has 0 radical (unpaired) electrons. The van der Waals surface area contributed by atoms with E-state index in [9.17, 15) is 9.59 Å². The van der Waals surface area contributed by atoms with E-state index in [1.54, 1.807) is 36.4 Å². The molecule has 2 aliphatic heterocycles. The van der Waals surface area contributed by atoms with Crippen LogP contribution in [0.15, 0.2) is 66.9 Å². The summed E-state index contributed by atoms with van der Waals surface area (Å²) in [5, 5.41) is 1.17. The fourth-order valence-corrected chi connectivity index (χ4v) is 5.50. The third kappa shape index (κ3) is 5.17. The van der Waals surface area contributed by atoms with Crippen molar-refractivity contribution in [2.24, 2.45) is 0 Å². The summed E-state index contributed by atoms with van der Waals surface area (Å²) < 4.78 is 5.72. The zero-order valence-corrected chi connectivity index (χ0v) is 22.2. The van der Waals surface area contributed by atoms with Gasteiger partial charge in [-0.15, -0.1) is 0 Å². The van der Waals surface area contributed by atoms with Crippen molar-refractivity contribution in [2.75, 3.05) is 33.7 Å². The Morgan fingerprint density at radius 1 is 0.973 bits per heavy atom. The zero-order chi connectivity index (χ0) is 26.2. The van der Waals surface area contributed by atoms with E-state index in [1.807, 2.05) is 53.1 Å². The minimum atomic E-state index is -0.403. The summed E-state index contributed by atoms with van der Waals surface area (Å²) >= 11 is 11.9. The van der Waals surface area contributed by atoms with Crippen molar-refractivity contribution in [1.29, 1.82) is 0 Å². The van der Waals surface area contributed by atoms with Gasteiger partial charge >= 0.3 is 0 Å². The number of nitrogens with zero attached hydrogens (tertiary/aromatic N) is 4. The Morgan fingerprint density at radius 3 is 2.27 bits per heavy atom. The van der Waals surface area contributed by atoms with E-state index in [0.717, 1.165) is 18.4 Å². The van der Waals surface area contributed by atoms with Crippen molar-refractivity contribution in [3.8, 4) is 11.6 Å². The van der Waals surface area contributed by atoms with Gasteiger partial charge in [-0.3, -0.25) is 14.5 Å². The smallest absolute Gasteiger partial charge is 0.254 e. The van der Waals surface area contributed by atoms with Crippen LogP contribution in [0.4, 0.5) is 0 Å². The molecular formula is C28H28Cl2N4O3. The Morgan fingerprint density at radius 2 is 1.65 bits per heavy atom. The quantitative estimate of drug-likeness (QED) is 0.426. The summed E-state index contributed by atoms with van der Waals surface area (Å²) in [6.07, 6.45) is 3.34. The molecule has 2 saturated heterocycles. The molecule has 1 spiro atoms. The van der Waals surface area contributed by atoms with Crippen molar-refractivity contribution in [3.63, 3.8) is 0 Å². The fourth-order valence-electron chi connectivity index (χ4n) is 5.26. The van der Waals surface area contributed by atoms with Gasteiger partial charge in [-0.05, 0) is 75.0 Å². The highest BCUT2D eigenvalue weighted by molar-refractivity contribution is 6.30.